The van der Waals surface area contributed by atoms with Crippen LogP contribution in [0.15, 0.2) is 53.3 Å². The van der Waals surface area contributed by atoms with Crippen molar-refractivity contribution in [3.8, 4) is 5.75 Å². The SMILES string of the molecule is O=C(O)CNC(=O)c1c(O)c2cc(N3CCOCC3)ccc2n(Cc2ccccc2)c1=O. The number of aliphatic carboxylic acids is 1. The monoisotopic (exact) mass is 437 g/mol. The summed E-state index contributed by atoms with van der Waals surface area (Å²) in [5.41, 5.74) is 0.978. The van der Waals surface area contributed by atoms with Crippen molar-refractivity contribution in [1.82, 2.24) is 9.88 Å². The summed E-state index contributed by atoms with van der Waals surface area (Å²) in [7, 11) is 0. The molecule has 32 heavy (non-hydrogen) atoms. The van der Waals surface area contributed by atoms with Crippen LogP contribution < -0.4 is 15.8 Å². The van der Waals surface area contributed by atoms with Gasteiger partial charge in [0.25, 0.3) is 11.5 Å². The molecule has 1 amide bonds. The van der Waals surface area contributed by atoms with Gasteiger partial charge in [-0.15, -0.1) is 0 Å². The number of hydrogen-bond acceptors (Lipinski definition) is 6. The summed E-state index contributed by atoms with van der Waals surface area (Å²) in [6.45, 7) is 2.05. The number of nitrogens with one attached hydrogen (secondary N) is 1. The average molecular weight is 437 g/mol. The molecule has 0 saturated carbocycles. The number of amides is 1. The van der Waals surface area contributed by atoms with Gasteiger partial charge >= 0.3 is 5.97 Å². The van der Waals surface area contributed by atoms with Gasteiger partial charge in [-0.1, -0.05) is 30.3 Å². The Hall–Kier alpha value is -3.85. The van der Waals surface area contributed by atoms with Crippen LogP contribution in [0, 0.1) is 0 Å². The molecule has 166 valence electrons. The summed E-state index contributed by atoms with van der Waals surface area (Å²) in [6.07, 6.45) is 0. The van der Waals surface area contributed by atoms with Gasteiger partial charge in [0.1, 0.15) is 17.9 Å². The first-order valence-corrected chi connectivity index (χ1v) is 10.2. The van der Waals surface area contributed by atoms with E-state index in [0.717, 1.165) is 11.3 Å². The maximum absolute atomic E-state index is 13.2. The van der Waals surface area contributed by atoms with Crippen molar-refractivity contribution in [3.63, 3.8) is 0 Å². The van der Waals surface area contributed by atoms with Crippen LogP contribution in [0.4, 0.5) is 5.69 Å². The highest BCUT2D eigenvalue weighted by molar-refractivity contribution is 6.03. The number of hydrogen-bond donors (Lipinski definition) is 3. The predicted molar refractivity (Wildman–Crippen MR) is 118 cm³/mol. The van der Waals surface area contributed by atoms with Crippen LogP contribution in [0.2, 0.25) is 0 Å². The minimum Gasteiger partial charge on any atom is -0.506 e. The first-order chi connectivity index (χ1) is 15.5. The molecule has 0 aliphatic carbocycles. The van der Waals surface area contributed by atoms with Crippen molar-refractivity contribution >= 4 is 28.5 Å². The van der Waals surface area contributed by atoms with Crippen LogP contribution in [0.25, 0.3) is 10.9 Å². The minimum atomic E-state index is -1.25. The van der Waals surface area contributed by atoms with E-state index in [1.165, 1.54) is 4.57 Å². The molecule has 3 aromatic rings. The lowest BCUT2D eigenvalue weighted by atomic mass is 10.1. The molecule has 9 heteroatoms. The van der Waals surface area contributed by atoms with Crippen LogP contribution in [0.5, 0.6) is 5.75 Å². The summed E-state index contributed by atoms with van der Waals surface area (Å²) in [5.74, 6) is -2.65. The molecule has 1 fully saturated rings. The molecule has 1 aliphatic heterocycles. The van der Waals surface area contributed by atoms with Crippen molar-refractivity contribution < 1.29 is 24.5 Å². The van der Waals surface area contributed by atoms with Gasteiger partial charge in [0.15, 0.2) is 0 Å². The molecule has 0 spiro atoms. The lowest BCUT2D eigenvalue weighted by Crippen LogP contribution is -2.37. The van der Waals surface area contributed by atoms with Crippen LogP contribution in [0.1, 0.15) is 15.9 Å². The number of carboxylic acids is 1. The highest BCUT2D eigenvalue weighted by Crippen LogP contribution is 2.31. The molecule has 3 N–H and O–H groups in total. The topological polar surface area (TPSA) is 121 Å². The zero-order valence-corrected chi connectivity index (χ0v) is 17.3. The third-order valence-corrected chi connectivity index (χ3v) is 5.41. The number of ether oxygens (including phenoxy) is 1. The van der Waals surface area contributed by atoms with E-state index in [1.807, 2.05) is 36.4 Å². The maximum atomic E-state index is 13.2. The van der Waals surface area contributed by atoms with E-state index in [0.29, 0.717) is 37.2 Å². The average Bonchev–Trinajstić information content (AvgIpc) is 2.81. The second-order valence-corrected chi connectivity index (χ2v) is 7.48. The largest absolute Gasteiger partial charge is 0.506 e. The fraction of sp³-hybridized carbons (Fsp3) is 0.261. The zero-order valence-electron chi connectivity index (χ0n) is 17.3. The standard InChI is InChI=1S/C23H23N3O6/c27-19(28)13-24-22(30)20-21(29)17-12-16(25-8-10-32-11-9-25)6-7-18(17)26(23(20)31)14-15-4-2-1-3-5-15/h1-7,12,29H,8-11,13-14H2,(H,24,30)(H,27,28). The summed E-state index contributed by atoms with van der Waals surface area (Å²) >= 11 is 0. The number of anilines is 1. The Morgan fingerprint density at radius 2 is 1.78 bits per heavy atom. The number of carboxylic acid groups (broad SMARTS) is 1. The number of fused-ring (bicyclic) bond motifs is 1. The van der Waals surface area contributed by atoms with Gasteiger partial charge in [-0.3, -0.25) is 14.4 Å². The Kier molecular flexibility index (Phi) is 6.09. The molecular formula is C23H23N3O6. The molecule has 0 unspecified atom stereocenters. The Morgan fingerprint density at radius 1 is 1.06 bits per heavy atom. The Labute approximate surface area is 183 Å². The number of carbonyl (C=O) groups excluding carboxylic acids is 1. The number of morpholine rings is 1. The van der Waals surface area contributed by atoms with E-state index in [2.05, 4.69) is 10.2 Å². The number of pyridine rings is 1. The van der Waals surface area contributed by atoms with Crippen molar-refractivity contribution in [2.24, 2.45) is 0 Å². The molecule has 2 heterocycles. The molecule has 1 aliphatic rings. The molecule has 1 aromatic heterocycles. The van der Waals surface area contributed by atoms with E-state index in [4.69, 9.17) is 9.84 Å². The summed E-state index contributed by atoms with van der Waals surface area (Å²) in [5, 5.41) is 22.3. The Balaban J connectivity index is 1.87. The highest BCUT2D eigenvalue weighted by Gasteiger charge is 2.24. The fourth-order valence-corrected chi connectivity index (χ4v) is 3.82. The molecule has 0 radical (unpaired) electrons. The number of aromatic hydroxyl groups is 1. The third-order valence-electron chi connectivity index (χ3n) is 5.41. The third kappa shape index (κ3) is 4.28. The van der Waals surface area contributed by atoms with Crippen molar-refractivity contribution in [1.29, 1.82) is 0 Å². The number of nitrogens with zero attached hydrogens (tertiary/aromatic N) is 2. The first-order valence-electron chi connectivity index (χ1n) is 10.2. The smallest absolute Gasteiger partial charge is 0.322 e. The number of carbonyl (C=O) groups is 2. The zero-order chi connectivity index (χ0) is 22.7. The summed E-state index contributed by atoms with van der Waals surface area (Å²) in [4.78, 5) is 38.9. The number of rotatable bonds is 6. The Bertz CT molecular complexity index is 1220. The summed E-state index contributed by atoms with van der Waals surface area (Å²) in [6, 6.07) is 14.6. The van der Waals surface area contributed by atoms with Crippen molar-refractivity contribution in [2.75, 3.05) is 37.7 Å². The van der Waals surface area contributed by atoms with Gasteiger partial charge in [-0.05, 0) is 23.8 Å². The van der Waals surface area contributed by atoms with Gasteiger partial charge in [-0.2, -0.15) is 0 Å². The lowest BCUT2D eigenvalue weighted by Gasteiger charge is -2.29. The normalized spacial score (nSPS) is 13.8. The lowest BCUT2D eigenvalue weighted by molar-refractivity contribution is -0.135. The van der Waals surface area contributed by atoms with Gasteiger partial charge in [-0.25, -0.2) is 0 Å². The van der Waals surface area contributed by atoms with Crippen LogP contribution >= 0.6 is 0 Å². The quantitative estimate of drug-likeness (QED) is 0.533. The fourth-order valence-electron chi connectivity index (χ4n) is 3.82. The first kappa shape index (κ1) is 21.4. The minimum absolute atomic E-state index is 0.187. The van der Waals surface area contributed by atoms with Gasteiger partial charge in [0, 0.05) is 24.2 Å². The van der Waals surface area contributed by atoms with Crippen LogP contribution in [0.3, 0.4) is 0 Å². The van der Waals surface area contributed by atoms with Crippen molar-refractivity contribution in [3.05, 3.63) is 70.0 Å². The second kappa shape index (κ2) is 9.11. The molecule has 9 nitrogen and oxygen atoms in total. The molecule has 0 bridgehead atoms. The van der Waals surface area contributed by atoms with E-state index in [9.17, 15) is 19.5 Å². The van der Waals surface area contributed by atoms with Gasteiger partial charge in [0.05, 0.1) is 25.3 Å². The molecular weight excluding hydrogens is 414 g/mol. The van der Waals surface area contributed by atoms with E-state index < -0.39 is 35.3 Å². The molecule has 2 aromatic carbocycles. The van der Waals surface area contributed by atoms with E-state index in [1.54, 1.807) is 12.1 Å². The van der Waals surface area contributed by atoms with E-state index >= 15 is 0 Å². The predicted octanol–water partition coefficient (Wildman–Crippen LogP) is 1.41. The summed E-state index contributed by atoms with van der Waals surface area (Å²) < 4.78 is 6.81. The van der Waals surface area contributed by atoms with Gasteiger partial charge in [0.2, 0.25) is 0 Å². The molecule has 1 saturated heterocycles. The molecule has 0 atom stereocenters. The Morgan fingerprint density at radius 3 is 2.47 bits per heavy atom. The molecule has 4 rings (SSSR count). The van der Waals surface area contributed by atoms with Crippen LogP contribution in [-0.2, 0) is 16.1 Å². The second-order valence-electron chi connectivity index (χ2n) is 7.48. The number of benzene rings is 2. The van der Waals surface area contributed by atoms with Crippen LogP contribution in [-0.4, -0.2) is 59.5 Å². The van der Waals surface area contributed by atoms with Crippen molar-refractivity contribution in [2.45, 2.75) is 6.54 Å². The maximum Gasteiger partial charge on any atom is 0.322 e. The highest BCUT2D eigenvalue weighted by atomic mass is 16.5. The van der Waals surface area contributed by atoms with Gasteiger partial charge < -0.3 is 29.7 Å². The number of aromatic nitrogens is 1. The van der Waals surface area contributed by atoms with E-state index in [-0.39, 0.29) is 6.54 Å².